The summed E-state index contributed by atoms with van der Waals surface area (Å²) in [5.74, 6) is 0. The molecular formula is C44H28N2. The zero-order valence-electron chi connectivity index (χ0n) is 25.1. The summed E-state index contributed by atoms with van der Waals surface area (Å²) in [7, 11) is 0. The average Bonchev–Trinajstić information content (AvgIpc) is 3.65. The maximum Gasteiger partial charge on any atom is 0.0547 e. The van der Waals surface area contributed by atoms with Gasteiger partial charge in [0.2, 0.25) is 0 Å². The van der Waals surface area contributed by atoms with Crippen LogP contribution in [0.5, 0.6) is 0 Å². The first-order valence-corrected chi connectivity index (χ1v) is 15.9. The Balaban J connectivity index is 1.24. The Hall–Kier alpha value is -6.12. The summed E-state index contributed by atoms with van der Waals surface area (Å²) in [6, 6.07) is 62.0. The van der Waals surface area contributed by atoms with Gasteiger partial charge in [0.1, 0.15) is 0 Å². The standard InChI is InChI=1S/C44H28N2/c1-3-11-33(12-4-1)45-39-17-9-7-15-35(39)43-37-27-31(21-19-29(37)23-25-41(43)45)32-22-20-30-24-26-42-44(38(30)28-32)36-16-8-10-18-40(36)46(42)34-13-5-2-6-14-34/h1-28H. The molecule has 0 bridgehead atoms. The van der Waals surface area contributed by atoms with Crippen molar-refractivity contribution >= 4 is 65.2 Å². The van der Waals surface area contributed by atoms with Crippen LogP contribution in [0.3, 0.4) is 0 Å². The fourth-order valence-corrected chi connectivity index (χ4v) is 7.64. The van der Waals surface area contributed by atoms with Crippen LogP contribution >= 0.6 is 0 Å². The second-order valence-electron chi connectivity index (χ2n) is 12.2. The Morgan fingerprint density at radius 3 is 1.13 bits per heavy atom. The Morgan fingerprint density at radius 2 is 0.674 bits per heavy atom. The molecule has 0 unspecified atom stereocenters. The molecule has 2 nitrogen and oxygen atoms in total. The van der Waals surface area contributed by atoms with Crippen LogP contribution in [0, 0.1) is 0 Å². The molecule has 2 heterocycles. The van der Waals surface area contributed by atoms with E-state index in [4.69, 9.17) is 0 Å². The second kappa shape index (κ2) is 9.69. The SMILES string of the molecule is c1ccc(-n2c3ccccc3c3c4cc(-c5ccc6ccc7c(c6c5)c5ccccc5n7-c5ccccc5)ccc4ccc32)cc1. The summed E-state index contributed by atoms with van der Waals surface area (Å²) in [6.07, 6.45) is 0. The third-order valence-electron chi connectivity index (χ3n) is 9.67. The number of hydrogen-bond donors (Lipinski definition) is 0. The monoisotopic (exact) mass is 584 g/mol. The molecule has 0 saturated carbocycles. The molecule has 46 heavy (non-hydrogen) atoms. The van der Waals surface area contributed by atoms with Crippen LogP contribution in [0.2, 0.25) is 0 Å². The quantitative estimate of drug-likeness (QED) is 0.195. The zero-order valence-corrected chi connectivity index (χ0v) is 25.1. The average molecular weight is 585 g/mol. The number of benzene rings is 8. The van der Waals surface area contributed by atoms with Crippen LogP contribution in [0.4, 0.5) is 0 Å². The van der Waals surface area contributed by atoms with Gasteiger partial charge in [-0.15, -0.1) is 0 Å². The van der Waals surface area contributed by atoms with Crippen molar-refractivity contribution < 1.29 is 0 Å². The van der Waals surface area contributed by atoms with Gasteiger partial charge >= 0.3 is 0 Å². The Morgan fingerprint density at radius 1 is 0.283 bits per heavy atom. The predicted octanol–water partition coefficient (Wildman–Crippen LogP) is 11.9. The van der Waals surface area contributed by atoms with Crippen molar-refractivity contribution in [1.82, 2.24) is 9.13 Å². The summed E-state index contributed by atoms with van der Waals surface area (Å²) in [4.78, 5) is 0. The van der Waals surface area contributed by atoms with Crippen LogP contribution in [0.1, 0.15) is 0 Å². The van der Waals surface area contributed by atoms with E-state index in [9.17, 15) is 0 Å². The van der Waals surface area contributed by atoms with Crippen LogP contribution in [0.15, 0.2) is 170 Å². The molecule has 8 aromatic carbocycles. The smallest absolute Gasteiger partial charge is 0.0547 e. The Bertz CT molecular complexity index is 2590. The normalized spacial score (nSPS) is 11.9. The van der Waals surface area contributed by atoms with Crippen molar-refractivity contribution in [1.29, 1.82) is 0 Å². The van der Waals surface area contributed by atoms with Gasteiger partial charge < -0.3 is 9.13 Å². The number of rotatable bonds is 3. The van der Waals surface area contributed by atoms with Gasteiger partial charge in [0.25, 0.3) is 0 Å². The zero-order chi connectivity index (χ0) is 30.2. The van der Waals surface area contributed by atoms with Crippen LogP contribution in [-0.4, -0.2) is 9.13 Å². The third-order valence-corrected chi connectivity index (χ3v) is 9.67. The number of para-hydroxylation sites is 4. The first-order valence-electron chi connectivity index (χ1n) is 15.9. The lowest BCUT2D eigenvalue weighted by Gasteiger charge is -2.10. The van der Waals surface area contributed by atoms with Gasteiger partial charge in [-0.1, -0.05) is 109 Å². The van der Waals surface area contributed by atoms with Crippen molar-refractivity contribution in [2.24, 2.45) is 0 Å². The largest absolute Gasteiger partial charge is 0.309 e. The van der Waals surface area contributed by atoms with Crippen LogP contribution < -0.4 is 0 Å². The van der Waals surface area contributed by atoms with Crippen molar-refractivity contribution in [2.45, 2.75) is 0 Å². The highest BCUT2D eigenvalue weighted by molar-refractivity contribution is 6.23. The maximum atomic E-state index is 2.40. The van der Waals surface area contributed by atoms with E-state index in [1.54, 1.807) is 0 Å². The molecule has 0 amide bonds. The van der Waals surface area contributed by atoms with Crippen LogP contribution in [0.25, 0.3) is 87.7 Å². The van der Waals surface area contributed by atoms with Gasteiger partial charge in [-0.2, -0.15) is 0 Å². The third kappa shape index (κ3) is 3.59. The van der Waals surface area contributed by atoms with Gasteiger partial charge in [-0.05, 0) is 93.3 Å². The second-order valence-corrected chi connectivity index (χ2v) is 12.2. The van der Waals surface area contributed by atoms with Crippen LogP contribution in [-0.2, 0) is 0 Å². The Labute approximate surface area is 266 Å². The summed E-state index contributed by atoms with van der Waals surface area (Å²) in [5.41, 5.74) is 9.71. The topological polar surface area (TPSA) is 9.86 Å². The van der Waals surface area contributed by atoms with Gasteiger partial charge in [0, 0.05) is 32.9 Å². The van der Waals surface area contributed by atoms with E-state index in [0.29, 0.717) is 0 Å². The molecule has 0 saturated heterocycles. The lowest BCUT2D eigenvalue weighted by Crippen LogP contribution is -1.93. The Kier molecular flexibility index (Phi) is 5.31. The van der Waals surface area contributed by atoms with E-state index < -0.39 is 0 Å². The summed E-state index contributed by atoms with van der Waals surface area (Å²) >= 11 is 0. The molecule has 0 aliphatic rings. The minimum absolute atomic E-state index is 1.18. The first-order chi connectivity index (χ1) is 22.8. The van der Waals surface area contributed by atoms with Crippen molar-refractivity contribution in [3.63, 3.8) is 0 Å². The molecule has 214 valence electrons. The van der Waals surface area contributed by atoms with Crippen molar-refractivity contribution in [2.75, 3.05) is 0 Å². The number of fused-ring (bicyclic) bond motifs is 10. The maximum absolute atomic E-state index is 2.40. The van der Waals surface area contributed by atoms with Gasteiger partial charge in [-0.3, -0.25) is 0 Å². The van der Waals surface area contributed by atoms with E-state index in [1.807, 2.05) is 0 Å². The molecule has 2 aromatic heterocycles. The van der Waals surface area contributed by atoms with E-state index in [2.05, 4.69) is 179 Å². The van der Waals surface area contributed by atoms with Crippen molar-refractivity contribution in [3.05, 3.63) is 170 Å². The predicted molar refractivity (Wildman–Crippen MR) is 196 cm³/mol. The number of aromatic nitrogens is 2. The summed E-state index contributed by atoms with van der Waals surface area (Å²) in [6.45, 7) is 0. The number of nitrogens with zero attached hydrogens (tertiary/aromatic N) is 2. The molecular weight excluding hydrogens is 556 g/mol. The fraction of sp³-hybridized carbons (Fsp3) is 0. The number of hydrogen-bond acceptors (Lipinski definition) is 0. The van der Waals surface area contributed by atoms with E-state index >= 15 is 0 Å². The lowest BCUT2D eigenvalue weighted by molar-refractivity contribution is 1.18. The highest BCUT2D eigenvalue weighted by Crippen LogP contribution is 2.41. The molecule has 10 rings (SSSR count). The summed E-state index contributed by atoms with van der Waals surface area (Å²) < 4.78 is 4.79. The molecule has 0 atom stereocenters. The fourth-order valence-electron chi connectivity index (χ4n) is 7.64. The molecule has 10 aromatic rings. The van der Waals surface area contributed by atoms with Gasteiger partial charge in [0.05, 0.1) is 22.1 Å². The highest BCUT2D eigenvalue weighted by atomic mass is 15.0. The molecule has 0 fully saturated rings. The highest BCUT2D eigenvalue weighted by Gasteiger charge is 2.17. The molecule has 0 aliphatic carbocycles. The molecule has 0 N–H and O–H groups in total. The van der Waals surface area contributed by atoms with Gasteiger partial charge in [0.15, 0.2) is 0 Å². The molecule has 0 radical (unpaired) electrons. The molecule has 0 aliphatic heterocycles. The van der Waals surface area contributed by atoms with Crippen molar-refractivity contribution in [3.8, 4) is 22.5 Å². The first kappa shape index (κ1) is 25.2. The lowest BCUT2D eigenvalue weighted by atomic mass is 9.95. The van der Waals surface area contributed by atoms with Gasteiger partial charge in [-0.25, -0.2) is 0 Å². The minimum atomic E-state index is 1.18. The van der Waals surface area contributed by atoms with E-state index in [0.717, 1.165) is 0 Å². The van der Waals surface area contributed by atoms with E-state index in [1.165, 1.54) is 87.7 Å². The molecule has 2 heteroatoms. The molecule has 0 spiro atoms. The van der Waals surface area contributed by atoms with E-state index in [-0.39, 0.29) is 0 Å². The summed E-state index contributed by atoms with van der Waals surface area (Å²) in [5, 5.41) is 10.2. The minimum Gasteiger partial charge on any atom is -0.309 e.